The Hall–Kier alpha value is -1.81. The fourth-order valence-corrected chi connectivity index (χ4v) is 3.08. The van der Waals surface area contributed by atoms with Crippen LogP contribution in [0.15, 0.2) is 18.2 Å². The molecule has 2 aliphatic rings. The average molecular weight is 257 g/mol. The summed E-state index contributed by atoms with van der Waals surface area (Å²) in [4.78, 5) is 14.8. The summed E-state index contributed by atoms with van der Waals surface area (Å²) in [6.45, 7) is 1.38. The summed E-state index contributed by atoms with van der Waals surface area (Å²) in [5, 5.41) is 10.5. The molecule has 1 fully saturated rings. The third-order valence-electron chi connectivity index (χ3n) is 4.45. The summed E-state index contributed by atoms with van der Waals surface area (Å²) in [5.41, 5.74) is 3.82. The van der Waals surface area contributed by atoms with Crippen molar-refractivity contribution in [2.45, 2.75) is 31.3 Å². The molecule has 4 nitrogen and oxygen atoms in total. The number of aliphatic carboxylic acids is 1. The van der Waals surface area contributed by atoms with Gasteiger partial charge >= 0.3 is 5.97 Å². The molecule has 2 heterocycles. The van der Waals surface area contributed by atoms with E-state index in [4.69, 9.17) is 4.74 Å². The molecule has 1 aliphatic heterocycles. The van der Waals surface area contributed by atoms with E-state index in [1.165, 1.54) is 11.3 Å². The largest absolute Gasteiger partial charge is 0.481 e. The molecule has 0 saturated heterocycles. The van der Waals surface area contributed by atoms with E-state index in [9.17, 15) is 9.90 Å². The third kappa shape index (κ3) is 1.46. The number of ether oxygens (including phenoxy) is 1. The zero-order chi connectivity index (χ0) is 13.0. The van der Waals surface area contributed by atoms with Gasteiger partial charge in [0.25, 0.3) is 0 Å². The fourth-order valence-electron chi connectivity index (χ4n) is 3.08. The van der Waals surface area contributed by atoms with Gasteiger partial charge in [0, 0.05) is 28.6 Å². The van der Waals surface area contributed by atoms with Gasteiger partial charge in [-0.15, -0.1) is 0 Å². The Kier molecular flexibility index (Phi) is 2.10. The van der Waals surface area contributed by atoms with Crippen LogP contribution >= 0.6 is 0 Å². The van der Waals surface area contributed by atoms with E-state index in [0.29, 0.717) is 6.61 Å². The molecule has 19 heavy (non-hydrogen) atoms. The van der Waals surface area contributed by atoms with Crippen molar-refractivity contribution in [2.24, 2.45) is 0 Å². The number of hydrogen-bond acceptors (Lipinski definition) is 2. The van der Waals surface area contributed by atoms with E-state index < -0.39 is 11.4 Å². The van der Waals surface area contributed by atoms with Gasteiger partial charge in [0.15, 0.2) is 0 Å². The summed E-state index contributed by atoms with van der Waals surface area (Å²) in [6.07, 6.45) is 2.40. The number of aromatic nitrogens is 1. The van der Waals surface area contributed by atoms with Crippen molar-refractivity contribution in [1.29, 1.82) is 0 Å². The summed E-state index contributed by atoms with van der Waals surface area (Å²) in [6, 6.07) is 6.00. The number of nitrogens with one attached hydrogen (secondary N) is 1. The molecule has 0 bridgehead atoms. The van der Waals surface area contributed by atoms with Crippen LogP contribution in [0.5, 0.6) is 0 Å². The lowest BCUT2D eigenvalue weighted by Crippen LogP contribution is -2.19. The minimum absolute atomic E-state index is 0.624. The van der Waals surface area contributed by atoms with Gasteiger partial charge in [-0.25, -0.2) is 0 Å². The second kappa shape index (κ2) is 3.61. The Bertz CT molecular complexity index is 682. The lowest BCUT2D eigenvalue weighted by atomic mass is 9.94. The number of fused-ring (bicyclic) bond motifs is 3. The van der Waals surface area contributed by atoms with Gasteiger partial charge < -0.3 is 14.8 Å². The Morgan fingerprint density at radius 3 is 2.95 bits per heavy atom. The van der Waals surface area contributed by atoms with Crippen molar-refractivity contribution in [2.75, 3.05) is 6.61 Å². The first kappa shape index (κ1) is 11.1. The molecule has 0 radical (unpaired) electrons. The summed E-state index contributed by atoms with van der Waals surface area (Å²) in [7, 11) is 0. The lowest BCUT2D eigenvalue weighted by molar-refractivity contribution is -0.140. The van der Waals surface area contributed by atoms with Gasteiger partial charge in [0.05, 0.1) is 18.6 Å². The highest BCUT2D eigenvalue weighted by Gasteiger charge is 2.51. The molecular weight excluding hydrogens is 242 g/mol. The van der Waals surface area contributed by atoms with Crippen LogP contribution in [0, 0.1) is 0 Å². The molecule has 1 saturated carbocycles. The summed E-state index contributed by atoms with van der Waals surface area (Å²) >= 11 is 0. The molecule has 4 rings (SSSR count). The summed E-state index contributed by atoms with van der Waals surface area (Å²) < 4.78 is 5.51. The van der Waals surface area contributed by atoms with E-state index >= 15 is 0 Å². The molecule has 98 valence electrons. The first-order chi connectivity index (χ1) is 9.21. The Balaban J connectivity index is 1.89. The van der Waals surface area contributed by atoms with E-state index in [2.05, 4.69) is 4.98 Å². The minimum atomic E-state index is -0.701. The highest BCUT2D eigenvalue weighted by molar-refractivity contribution is 5.90. The number of H-pyrrole nitrogens is 1. The SMILES string of the molecule is O=C(O)C1(c2ccc3[nH]c4c(c3c2)COCC4)CC1. The first-order valence-electron chi connectivity index (χ1n) is 6.66. The fraction of sp³-hybridized carbons (Fsp3) is 0.400. The average Bonchev–Trinajstić information content (AvgIpc) is 3.15. The minimum Gasteiger partial charge on any atom is -0.481 e. The van der Waals surface area contributed by atoms with Crippen LogP contribution in [-0.2, 0) is 28.0 Å². The van der Waals surface area contributed by atoms with E-state index in [1.54, 1.807) is 0 Å². The molecule has 1 aromatic carbocycles. The molecule has 2 aromatic rings. The monoisotopic (exact) mass is 257 g/mol. The van der Waals surface area contributed by atoms with Crippen LogP contribution in [-0.4, -0.2) is 22.7 Å². The second-order valence-corrected chi connectivity index (χ2v) is 5.53. The normalized spacial score (nSPS) is 20.2. The predicted molar refractivity (Wildman–Crippen MR) is 70.2 cm³/mol. The maximum Gasteiger partial charge on any atom is 0.314 e. The van der Waals surface area contributed by atoms with Gasteiger partial charge in [0.1, 0.15) is 0 Å². The van der Waals surface area contributed by atoms with Crippen LogP contribution in [0.3, 0.4) is 0 Å². The molecule has 0 amide bonds. The van der Waals surface area contributed by atoms with E-state index in [0.717, 1.165) is 42.3 Å². The van der Waals surface area contributed by atoms with Gasteiger partial charge in [-0.05, 0) is 30.5 Å². The summed E-state index contributed by atoms with van der Waals surface area (Å²) in [5.74, 6) is -0.701. The van der Waals surface area contributed by atoms with Crippen molar-refractivity contribution in [1.82, 2.24) is 4.98 Å². The van der Waals surface area contributed by atoms with Crippen molar-refractivity contribution in [3.63, 3.8) is 0 Å². The molecular formula is C15H15NO3. The number of aromatic amines is 1. The zero-order valence-corrected chi connectivity index (χ0v) is 10.5. The number of benzene rings is 1. The molecule has 1 aromatic heterocycles. The quantitative estimate of drug-likeness (QED) is 0.868. The number of rotatable bonds is 2. The van der Waals surface area contributed by atoms with Crippen molar-refractivity contribution in [3.05, 3.63) is 35.0 Å². The molecule has 0 unspecified atom stereocenters. The second-order valence-electron chi connectivity index (χ2n) is 5.53. The van der Waals surface area contributed by atoms with Gasteiger partial charge in [-0.1, -0.05) is 6.07 Å². The van der Waals surface area contributed by atoms with Gasteiger partial charge in [0.2, 0.25) is 0 Å². The Morgan fingerprint density at radius 1 is 1.37 bits per heavy atom. The smallest absolute Gasteiger partial charge is 0.314 e. The van der Waals surface area contributed by atoms with Crippen LogP contribution in [0.1, 0.15) is 29.7 Å². The van der Waals surface area contributed by atoms with E-state index in [1.807, 2.05) is 18.2 Å². The van der Waals surface area contributed by atoms with Crippen LogP contribution in [0.25, 0.3) is 10.9 Å². The molecule has 2 N–H and O–H groups in total. The topological polar surface area (TPSA) is 62.3 Å². The lowest BCUT2D eigenvalue weighted by Gasteiger charge is -2.13. The maximum atomic E-state index is 11.4. The van der Waals surface area contributed by atoms with E-state index in [-0.39, 0.29) is 0 Å². The third-order valence-corrected chi connectivity index (χ3v) is 4.45. The number of carbonyl (C=O) groups is 1. The molecule has 0 spiro atoms. The highest BCUT2D eigenvalue weighted by atomic mass is 16.5. The number of hydrogen-bond donors (Lipinski definition) is 2. The molecule has 4 heteroatoms. The van der Waals surface area contributed by atoms with Gasteiger partial charge in [-0.2, -0.15) is 0 Å². The van der Waals surface area contributed by atoms with Crippen molar-refractivity contribution in [3.8, 4) is 0 Å². The van der Waals surface area contributed by atoms with Crippen LogP contribution < -0.4 is 0 Å². The van der Waals surface area contributed by atoms with Crippen LogP contribution in [0.4, 0.5) is 0 Å². The molecule has 1 aliphatic carbocycles. The van der Waals surface area contributed by atoms with Gasteiger partial charge in [-0.3, -0.25) is 4.79 Å². The highest BCUT2D eigenvalue weighted by Crippen LogP contribution is 2.49. The maximum absolute atomic E-state index is 11.4. The number of carboxylic acids is 1. The molecule has 0 atom stereocenters. The number of carboxylic acid groups (broad SMARTS) is 1. The van der Waals surface area contributed by atoms with Crippen molar-refractivity contribution < 1.29 is 14.6 Å². The Labute approximate surface area is 110 Å². The standard InChI is InChI=1S/C15H15NO3/c17-14(18)15(4-5-15)9-1-2-12-10(7-9)11-8-19-6-3-13(11)16-12/h1-2,7,16H,3-6,8H2,(H,17,18). The zero-order valence-electron chi connectivity index (χ0n) is 10.5. The predicted octanol–water partition coefficient (Wildman–Crippen LogP) is 2.36. The van der Waals surface area contributed by atoms with Crippen LogP contribution in [0.2, 0.25) is 0 Å². The van der Waals surface area contributed by atoms with Crippen molar-refractivity contribution >= 4 is 16.9 Å². The Morgan fingerprint density at radius 2 is 2.21 bits per heavy atom. The first-order valence-corrected chi connectivity index (χ1v) is 6.66.